The van der Waals surface area contributed by atoms with E-state index in [2.05, 4.69) is 10.5 Å². The van der Waals surface area contributed by atoms with Gasteiger partial charge in [-0.15, -0.1) is 0 Å². The molecule has 0 fully saturated rings. The number of halogens is 2. The zero-order chi connectivity index (χ0) is 22.3. The highest BCUT2D eigenvalue weighted by Gasteiger charge is 2.27. The summed E-state index contributed by atoms with van der Waals surface area (Å²) in [6.07, 6.45) is 1.40. The fraction of sp³-hybridized carbons (Fsp3) is 0.0909. The molecule has 0 bridgehead atoms. The van der Waals surface area contributed by atoms with Crippen molar-refractivity contribution in [3.05, 3.63) is 100 Å². The Morgan fingerprint density at radius 2 is 1.58 bits per heavy atom. The summed E-state index contributed by atoms with van der Waals surface area (Å²) in [4.78, 5) is 12.5. The van der Waals surface area contributed by atoms with Crippen molar-refractivity contribution in [1.82, 2.24) is 9.73 Å². The molecule has 1 amide bonds. The first kappa shape index (κ1) is 23.0. The zero-order valence-corrected chi connectivity index (χ0v) is 18.6. The van der Waals surface area contributed by atoms with Crippen LogP contribution < -0.4 is 5.43 Å². The molecule has 0 aromatic heterocycles. The smallest absolute Gasteiger partial charge is 0.255 e. The minimum Gasteiger partial charge on any atom is -0.272 e. The Morgan fingerprint density at radius 1 is 0.935 bits per heavy atom. The molecule has 0 saturated heterocycles. The fourth-order valence-corrected chi connectivity index (χ4v) is 4.41. The molecule has 6 nitrogen and oxygen atoms in total. The Hall–Kier alpha value is -2.71. The summed E-state index contributed by atoms with van der Waals surface area (Å²) >= 11 is 11.9. The van der Waals surface area contributed by atoms with Gasteiger partial charge in [0.1, 0.15) is 0 Å². The van der Waals surface area contributed by atoms with Crippen molar-refractivity contribution in [1.29, 1.82) is 0 Å². The maximum Gasteiger partial charge on any atom is 0.255 e. The van der Waals surface area contributed by atoms with E-state index in [9.17, 15) is 13.2 Å². The summed E-state index contributed by atoms with van der Waals surface area (Å²) in [6, 6.07) is 21.8. The van der Waals surface area contributed by atoms with Crippen LogP contribution in [0.4, 0.5) is 0 Å². The van der Waals surface area contributed by atoms with E-state index in [0.29, 0.717) is 15.6 Å². The van der Waals surface area contributed by atoms with Crippen molar-refractivity contribution >= 4 is 45.3 Å². The van der Waals surface area contributed by atoms with Gasteiger partial charge in [0, 0.05) is 22.2 Å². The van der Waals surface area contributed by atoms with E-state index in [1.807, 2.05) is 6.07 Å². The maximum atomic E-state index is 13.2. The van der Waals surface area contributed by atoms with E-state index < -0.39 is 22.5 Å². The van der Waals surface area contributed by atoms with E-state index >= 15 is 0 Å². The maximum absolute atomic E-state index is 13.2. The Balaban J connectivity index is 1.78. The monoisotopic (exact) mass is 475 g/mol. The highest BCUT2D eigenvalue weighted by Crippen LogP contribution is 2.20. The summed E-state index contributed by atoms with van der Waals surface area (Å²) in [5, 5.41) is 4.78. The third-order valence-corrected chi connectivity index (χ3v) is 6.67. The van der Waals surface area contributed by atoms with Crippen LogP contribution in [0.25, 0.3) is 0 Å². The lowest BCUT2D eigenvalue weighted by Crippen LogP contribution is -2.39. The summed E-state index contributed by atoms with van der Waals surface area (Å²) in [5.41, 5.74) is 3.72. The number of carbonyl (C=O) groups excluding carboxylic acids is 1. The largest absolute Gasteiger partial charge is 0.272 e. The van der Waals surface area contributed by atoms with Crippen LogP contribution in [0.2, 0.25) is 10.0 Å². The molecule has 0 radical (unpaired) electrons. The fourth-order valence-electron chi connectivity index (χ4n) is 2.72. The Labute approximate surface area is 191 Å². The van der Waals surface area contributed by atoms with E-state index in [-0.39, 0.29) is 11.4 Å². The minimum absolute atomic E-state index is 0.0213. The number of hydrogen-bond donors (Lipinski definition) is 1. The zero-order valence-electron chi connectivity index (χ0n) is 16.3. The lowest BCUT2D eigenvalue weighted by Gasteiger charge is -2.21. The minimum atomic E-state index is -3.95. The average Bonchev–Trinajstić information content (AvgIpc) is 2.76. The van der Waals surface area contributed by atoms with Gasteiger partial charge in [0.15, 0.2) is 0 Å². The van der Waals surface area contributed by atoms with Gasteiger partial charge in [-0.1, -0.05) is 71.7 Å². The lowest BCUT2D eigenvalue weighted by atomic mass is 10.2. The SMILES string of the molecule is O=C(CN(Cc1ccccc1)S(=O)(=O)c1ccc(Cl)cc1)N/N=C\c1ccccc1Cl. The third-order valence-electron chi connectivity index (χ3n) is 4.27. The summed E-state index contributed by atoms with van der Waals surface area (Å²) in [7, 11) is -3.95. The second-order valence-corrected chi connectivity index (χ2v) is 9.31. The third kappa shape index (κ3) is 6.38. The molecular weight excluding hydrogens is 457 g/mol. The molecule has 0 atom stereocenters. The molecule has 31 heavy (non-hydrogen) atoms. The van der Waals surface area contributed by atoms with Gasteiger partial charge in [0.25, 0.3) is 5.91 Å². The average molecular weight is 476 g/mol. The normalized spacial score (nSPS) is 11.7. The van der Waals surface area contributed by atoms with Crippen LogP contribution in [0.5, 0.6) is 0 Å². The number of nitrogens with zero attached hydrogens (tertiary/aromatic N) is 2. The van der Waals surface area contributed by atoms with Crippen molar-refractivity contribution in [3.8, 4) is 0 Å². The molecule has 0 aliphatic rings. The van der Waals surface area contributed by atoms with Gasteiger partial charge in [0.05, 0.1) is 17.7 Å². The predicted molar refractivity (Wildman–Crippen MR) is 123 cm³/mol. The van der Waals surface area contributed by atoms with Crippen LogP contribution in [-0.2, 0) is 21.4 Å². The second kappa shape index (κ2) is 10.5. The number of hydrogen-bond acceptors (Lipinski definition) is 4. The van der Waals surface area contributed by atoms with Crippen molar-refractivity contribution < 1.29 is 13.2 Å². The van der Waals surface area contributed by atoms with Crippen LogP contribution in [0, 0.1) is 0 Å². The first-order valence-electron chi connectivity index (χ1n) is 9.22. The van der Waals surface area contributed by atoms with Gasteiger partial charge >= 0.3 is 0 Å². The molecule has 3 aromatic carbocycles. The molecule has 3 aromatic rings. The molecule has 0 spiro atoms. The number of nitrogens with one attached hydrogen (secondary N) is 1. The van der Waals surface area contributed by atoms with Gasteiger partial charge in [-0.05, 0) is 35.9 Å². The van der Waals surface area contributed by atoms with E-state index in [1.54, 1.807) is 48.5 Å². The van der Waals surface area contributed by atoms with Crippen molar-refractivity contribution in [2.75, 3.05) is 6.54 Å². The van der Waals surface area contributed by atoms with Crippen LogP contribution in [-0.4, -0.2) is 31.4 Å². The topological polar surface area (TPSA) is 78.8 Å². The van der Waals surface area contributed by atoms with Gasteiger partial charge in [-0.2, -0.15) is 9.41 Å². The van der Waals surface area contributed by atoms with E-state index in [0.717, 1.165) is 9.87 Å². The molecule has 1 N–H and O–H groups in total. The van der Waals surface area contributed by atoms with Crippen LogP contribution in [0.3, 0.4) is 0 Å². The second-order valence-electron chi connectivity index (χ2n) is 6.53. The quantitative estimate of drug-likeness (QED) is 0.388. The first-order chi connectivity index (χ1) is 14.9. The highest BCUT2D eigenvalue weighted by atomic mass is 35.5. The number of benzene rings is 3. The number of rotatable bonds is 8. The van der Waals surface area contributed by atoms with Crippen LogP contribution in [0.1, 0.15) is 11.1 Å². The molecule has 160 valence electrons. The van der Waals surface area contributed by atoms with Crippen LogP contribution in [0.15, 0.2) is 88.9 Å². The predicted octanol–water partition coefficient (Wildman–Crippen LogP) is 4.33. The van der Waals surface area contributed by atoms with Crippen molar-refractivity contribution in [3.63, 3.8) is 0 Å². The van der Waals surface area contributed by atoms with Crippen LogP contribution >= 0.6 is 23.2 Å². The van der Waals surface area contributed by atoms with Gasteiger partial charge in [-0.3, -0.25) is 4.79 Å². The molecule has 0 aliphatic carbocycles. The van der Waals surface area contributed by atoms with Crippen molar-refractivity contribution in [2.45, 2.75) is 11.4 Å². The highest BCUT2D eigenvalue weighted by molar-refractivity contribution is 7.89. The summed E-state index contributed by atoms with van der Waals surface area (Å²) in [5.74, 6) is -0.586. The number of carbonyl (C=O) groups is 1. The van der Waals surface area contributed by atoms with Gasteiger partial charge < -0.3 is 0 Å². The molecular formula is C22H19Cl2N3O3S. The number of hydrazone groups is 1. The lowest BCUT2D eigenvalue weighted by molar-refractivity contribution is -0.121. The molecule has 0 saturated carbocycles. The van der Waals surface area contributed by atoms with Gasteiger partial charge in [-0.25, -0.2) is 13.8 Å². The standard InChI is InChI=1S/C22H19Cl2N3O3S/c23-19-10-12-20(13-11-19)31(29,30)27(15-17-6-2-1-3-7-17)16-22(28)26-25-14-18-8-4-5-9-21(18)24/h1-14H,15-16H2,(H,26,28)/b25-14-. The Kier molecular flexibility index (Phi) is 7.81. The molecule has 3 rings (SSSR count). The molecule has 9 heteroatoms. The summed E-state index contributed by atoms with van der Waals surface area (Å²) in [6.45, 7) is -0.396. The Bertz CT molecular complexity index is 1170. The summed E-state index contributed by atoms with van der Waals surface area (Å²) < 4.78 is 27.4. The Morgan fingerprint density at radius 3 is 2.26 bits per heavy atom. The van der Waals surface area contributed by atoms with Crippen molar-refractivity contribution in [2.24, 2.45) is 5.10 Å². The van der Waals surface area contributed by atoms with E-state index in [4.69, 9.17) is 23.2 Å². The number of amides is 1. The van der Waals surface area contributed by atoms with E-state index in [1.165, 1.54) is 30.5 Å². The molecule has 0 aliphatic heterocycles. The molecule has 0 heterocycles. The van der Waals surface area contributed by atoms with Gasteiger partial charge in [0.2, 0.25) is 10.0 Å². The first-order valence-corrected chi connectivity index (χ1v) is 11.4. The number of sulfonamides is 1. The molecule has 0 unspecified atom stereocenters.